The van der Waals surface area contributed by atoms with Crippen LogP contribution in [-0.2, 0) is 0 Å². The molecule has 0 saturated heterocycles. The predicted molar refractivity (Wildman–Crippen MR) is 90.4 cm³/mol. The van der Waals surface area contributed by atoms with Crippen molar-refractivity contribution >= 4 is 17.2 Å². The van der Waals surface area contributed by atoms with E-state index in [1.807, 2.05) is 25.1 Å². The highest BCUT2D eigenvalue weighted by atomic mass is 32.1. The lowest BCUT2D eigenvalue weighted by Crippen LogP contribution is -2.35. The second-order valence-electron chi connectivity index (χ2n) is 5.97. The van der Waals surface area contributed by atoms with Gasteiger partial charge in [0.05, 0.1) is 17.5 Å². The Hall–Kier alpha value is -1.79. The molecule has 0 spiro atoms. The first kappa shape index (κ1) is 16.1. The van der Waals surface area contributed by atoms with Crippen molar-refractivity contribution in [3.8, 4) is 10.7 Å². The Labute approximate surface area is 139 Å². The standard InChI is InChI=1S/C17H21N3O2S/c1-11-15(23-17(20-11)13-8-4-5-9-18-13)16(22)19-10-14(21)12-6-2-3-7-12/h4-5,8-9,12,14,21H,2-3,6-7,10H2,1H3,(H,19,22). The van der Waals surface area contributed by atoms with E-state index >= 15 is 0 Å². The van der Waals surface area contributed by atoms with E-state index in [1.54, 1.807) is 6.20 Å². The summed E-state index contributed by atoms with van der Waals surface area (Å²) in [7, 11) is 0. The van der Waals surface area contributed by atoms with Crippen LogP contribution in [0, 0.1) is 12.8 Å². The van der Waals surface area contributed by atoms with E-state index in [-0.39, 0.29) is 5.91 Å². The number of nitrogens with zero attached hydrogens (tertiary/aromatic N) is 2. The van der Waals surface area contributed by atoms with E-state index in [0.717, 1.165) is 23.5 Å². The number of aliphatic hydroxyl groups is 1. The number of rotatable bonds is 5. The van der Waals surface area contributed by atoms with E-state index in [0.29, 0.717) is 23.0 Å². The molecular weight excluding hydrogens is 310 g/mol. The van der Waals surface area contributed by atoms with Crippen molar-refractivity contribution in [3.63, 3.8) is 0 Å². The zero-order valence-electron chi connectivity index (χ0n) is 13.2. The summed E-state index contributed by atoms with van der Waals surface area (Å²) < 4.78 is 0. The van der Waals surface area contributed by atoms with Crippen LogP contribution in [0.25, 0.3) is 10.7 Å². The van der Waals surface area contributed by atoms with Gasteiger partial charge >= 0.3 is 0 Å². The van der Waals surface area contributed by atoms with E-state index in [4.69, 9.17) is 0 Å². The molecule has 122 valence electrons. The van der Waals surface area contributed by atoms with Crippen LogP contribution in [0.4, 0.5) is 0 Å². The first-order valence-electron chi connectivity index (χ1n) is 8.00. The van der Waals surface area contributed by atoms with E-state index in [1.165, 1.54) is 24.2 Å². The summed E-state index contributed by atoms with van der Waals surface area (Å²) in [6.07, 6.45) is 5.73. The molecule has 1 fully saturated rings. The molecule has 5 nitrogen and oxygen atoms in total. The zero-order chi connectivity index (χ0) is 16.2. The number of aryl methyl sites for hydroxylation is 1. The number of nitrogens with one attached hydrogen (secondary N) is 1. The van der Waals surface area contributed by atoms with Crippen LogP contribution in [0.2, 0.25) is 0 Å². The topological polar surface area (TPSA) is 75.1 Å². The van der Waals surface area contributed by atoms with Crippen molar-refractivity contribution < 1.29 is 9.90 Å². The molecule has 2 aromatic rings. The van der Waals surface area contributed by atoms with Crippen molar-refractivity contribution in [2.24, 2.45) is 5.92 Å². The van der Waals surface area contributed by atoms with Crippen LogP contribution in [0.5, 0.6) is 0 Å². The van der Waals surface area contributed by atoms with Crippen molar-refractivity contribution in [3.05, 3.63) is 35.0 Å². The average molecular weight is 331 g/mol. The van der Waals surface area contributed by atoms with Gasteiger partial charge in [-0.15, -0.1) is 11.3 Å². The van der Waals surface area contributed by atoms with Gasteiger partial charge in [0.1, 0.15) is 9.88 Å². The monoisotopic (exact) mass is 331 g/mol. The summed E-state index contributed by atoms with van der Waals surface area (Å²) in [5, 5.41) is 13.7. The lowest BCUT2D eigenvalue weighted by molar-refractivity contribution is 0.0843. The second kappa shape index (κ2) is 7.19. The van der Waals surface area contributed by atoms with Gasteiger partial charge in [-0.2, -0.15) is 0 Å². The lowest BCUT2D eigenvalue weighted by Gasteiger charge is -2.17. The molecule has 1 amide bonds. The summed E-state index contributed by atoms with van der Waals surface area (Å²) in [5.41, 5.74) is 1.47. The molecule has 1 aliphatic carbocycles. The van der Waals surface area contributed by atoms with Crippen LogP contribution in [0.1, 0.15) is 41.0 Å². The maximum atomic E-state index is 12.4. The number of carbonyl (C=O) groups excluding carboxylic acids is 1. The van der Waals surface area contributed by atoms with Gasteiger partial charge in [0, 0.05) is 12.7 Å². The molecule has 23 heavy (non-hydrogen) atoms. The number of thiazole rings is 1. The van der Waals surface area contributed by atoms with Gasteiger partial charge in [-0.05, 0) is 37.8 Å². The Morgan fingerprint density at radius 2 is 2.22 bits per heavy atom. The Balaban J connectivity index is 1.64. The van der Waals surface area contributed by atoms with E-state index in [9.17, 15) is 9.90 Å². The summed E-state index contributed by atoms with van der Waals surface area (Å²) in [6, 6.07) is 5.63. The molecule has 6 heteroatoms. The van der Waals surface area contributed by atoms with Gasteiger partial charge in [-0.1, -0.05) is 18.9 Å². The highest BCUT2D eigenvalue weighted by Crippen LogP contribution is 2.28. The van der Waals surface area contributed by atoms with Crippen molar-refractivity contribution in [1.82, 2.24) is 15.3 Å². The second-order valence-corrected chi connectivity index (χ2v) is 6.97. The Morgan fingerprint density at radius 1 is 1.43 bits per heavy atom. The molecule has 0 aromatic carbocycles. The molecule has 2 heterocycles. The van der Waals surface area contributed by atoms with Crippen molar-refractivity contribution in [2.45, 2.75) is 38.7 Å². The number of amides is 1. The van der Waals surface area contributed by atoms with Crippen molar-refractivity contribution in [1.29, 1.82) is 0 Å². The van der Waals surface area contributed by atoms with Crippen LogP contribution >= 0.6 is 11.3 Å². The van der Waals surface area contributed by atoms with Gasteiger partial charge < -0.3 is 10.4 Å². The first-order valence-corrected chi connectivity index (χ1v) is 8.82. The lowest BCUT2D eigenvalue weighted by atomic mass is 10.0. The maximum Gasteiger partial charge on any atom is 0.263 e. The van der Waals surface area contributed by atoms with Crippen LogP contribution in [0.15, 0.2) is 24.4 Å². The zero-order valence-corrected chi connectivity index (χ0v) is 14.0. The smallest absolute Gasteiger partial charge is 0.263 e. The fraction of sp³-hybridized carbons (Fsp3) is 0.471. The molecule has 1 atom stereocenters. The molecule has 3 rings (SSSR count). The number of carbonyl (C=O) groups is 1. The van der Waals surface area contributed by atoms with Gasteiger partial charge in [0.2, 0.25) is 0 Å². The molecule has 0 bridgehead atoms. The molecular formula is C17H21N3O2S. The Morgan fingerprint density at radius 3 is 2.91 bits per heavy atom. The van der Waals surface area contributed by atoms with Crippen LogP contribution in [0.3, 0.4) is 0 Å². The molecule has 0 aliphatic heterocycles. The molecule has 2 N–H and O–H groups in total. The summed E-state index contributed by atoms with van der Waals surface area (Å²) in [6.45, 7) is 2.13. The maximum absolute atomic E-state index is 12.4. The van der Waals surface area contributed by atoms with Gasteiger partial charge in [-0.3, -0.25) is 9.78 Å². The number of aromatic nitrogens is 2. The highest BCUT2D eigenvalue weighted by molar-refractivity contribution is 7.17. The summed E-state index contributed by atoms with van der Waals surface area (Å²) >= 11 is 1.34. The van der Waals surface area contributed by atoms with Gasteiger partial charge in [0.15, 0.2) is 0 Å². The van der Waals surface area contributed by atoms with E-state index < -0.39 is 6.10 Å². The highest BCUT2D eigenvalue weighted by Gasteiger charge is 2.24. The molecule has 2 aromatic heterocycles. The minimum atomic E-state index is -0.454. The third-order valence-corrected chi connectivity index (χ3v) is 5.48. The normalized spacial score (nSPS) is 16.4. The molecule has 1 saturated carbocycles. The van der Waals surface area contributed by atoms with Crippen LogP contribution < -0.4 is 5.32 Å². The average Bonchev–Trinajstić information content (AvgIpc) is 3.23. The number of pyridine rings is 1. The minimum Gasteiger partial charge on any atom is -0.391 e. The fourth-order valence-electron chi connectivity index (χ4n) is 2.99. The molecule has 1 aliphatic rings. The molecule has 1 unspecified atom stereocenters. The van der Waals surface area contributed by atoms with Crippen LogP contribution in [-0.4, -0.2) is 33.6 Å². The van der Waals surface area contributed by atoms with Crippen molar-refractivity contribution in [2.75, 3.05) is 6.54 Å². The Kier molecular flexibility index (Phi) is 5.03. The van der Waals surface area contributed by atoms with Gasteiger partial charge in [-0.25, -0.2) is 4.98 Å². The largest absolute Gasteiger partial charge is 0.391 e. The summed E-state index contributed by atoms with van der Waals surface area (Å²) in [4.78, 5) is 21.6. The fourth-order valence-corrected chi connectivity index (χ4v) is 3.95. The SMILES string of the molecule is Cc1nc(-c2ccccn2)sc1C(=O)NCC(O)C1CCCC1. The molecule has 0 radical (unpaired) electrons. The number of hydrogen-bond acceptors (Lipinski definition) is 5. The third-order valence-electron chi connectivity index (χ3n) is 4.30. The van der Waals surface area contributed by atoms with Gasteiger partial charge in [0.25, 0.3) is 5.91 Å². The number of hydrogen-bond donors (Lipinski definition) is 2. The summed E-state index contributed by atoms with van der Waals surface area (Å²) in [5.74, 6) is 0.154. The number of aliphatic hydroxyl groups excluding tert-OH is 1. The van der Waals surface area contributed by atoms with E-state index in [2.05, 4.69) is 15.3 Å². The predicted octanol–water partition coefficient (Wildman–Crippen LogP) is 2.79. The minimum absolute atomic E-state index is 0.167. The Bertz CT molecular complexity index is 666. The first-order chi connectivity index (χ1) is 11.1. The quantitative estimate of drug-likeness (QED) is 0.883. The third kappa shape index (κ3) is 3.76.